The van der Waals surface area contributed by atoms with E-state index in [-0.39, 0.29) is 19.8 Å². The topological polar surface area (TPSA) is 108 Å². The van der Waals surface area contributed by atoms with E-state index in [1.165, 1.54) is 16.3 Å². The molecule has 38 heavy (non-hydrogen) atoms. The molecule has 200 valence electrons. The summed E-state index contributed by atoms with van der Waals surface area (Å²) >= 11 is 0. The summed E-state index contributed by atoms with van der Waals surface area (Å²) in [5.41, 5.74) is 1.92. The maximum absolute atomic E-state index is 12.8. The number of ether oxygens (including phenoxy) is 4. The molecule has 0 aliphatic heterocycles. The number of aliphatic carboxylic acids is 1. The van der Waals surface area contributed by atoms with E-state index >= 15 is 0 Å². The number of allylic oxidation sites excluding steroid dienone is 1. The van der Waals surface area contributed by atoms with Crippen molar-refractivity contribution in [2.45, 2.75) is 38.6 Å². The Morgan fingerprint density at radius 1 is 0.816 bits per heavy atom. The van der Waals surface area contributed by atoms with Gasteiger partial charge in [-0.1, -0.05) is 84.9 Å². The molecule has 1 N–H and O–H groups in total. The molecule has 3 aromatic carbocycles. The third-order valence-electron chi connectivity index (χ3n) is 5.61. The summed E-state index contributed by atoms with van der Waals surface area (Å²) in [4.78, 5) is 36.4. The number of carboxylic acid groups (broad SMARTS) is 1. The van der Waals surface area contributed by atoms with Crippen molar-refractivity contribution in [2.75, 3.05) is 19.8 Å². The van der Waals surface area contributed by atoms with Gasteiger partial charge in [-0.2, -0.15) is 0 Å². The molecule has 8 nitrogen and oxygen atoms in total. The van der Waals surface area contributed by atoms with Gasteiger partial charge in [-0.15, -0.1) is 0 Å². The van der Waals surface area contributed by atoms with E-state index in [0.717, 1.165) is 18.4 Å². The molecular weight excluding hydrogens is 488 g/mol. The number of hydrogen-bond acceptors (Lipinski definition) is 7. The summed E-state index contributed by atoms with van der Waals surface area (Å²) in [5, 5.41) is 12.0. The van der Waals surface area contributed by atoms with E-state index in [4.69, 9.17) is 18.9 Å². The van der Waals surface area contributed by atoms with Crippen molar-refractivity contribution in [1.29, 1.82) is 0 Å². The SMILES string of the molecule is CCOC(=O)CO[C@@H](C(=O)O)[C@@H](OC/C=C/CCc1ccc2ccccc2c1)C(=O)OCc1ccccc1. The second-order valence-electron chi connectivity index (χ2n) is 8.41. The summed E-state index contributed by atoms with van der Waals surface area (Å²) in [7, 11) is 0. The van der Waals surface area contributed by atoms with Crippen molar-refractivity contribution < 1.29 is 38.4 Å². The maximum Gasteiger partial charge on any atom is 0.339 e. The number of esters is 2. The number of rotatable bonds is 15. The molecule has 3 rings (SSSR count). The highest BCUT2D eigenvalue weighted by atomic mass is 16.6. The molecule has 0 spiro atoms. The minimum Gasteiger partial charge on any atom is -0.479 e. The quantitative estimate of drug-likeness (QED) is 0.231. The fraction of sp³-hybridized carbons (Fsp3) is 0.300. The molecule has 0 fully saturated rings. The van der Waals surface area contributed by atoms with E-state index in [1.54, 1.807) is 37.3 Å². The van der Waals surface area contributed by atoms with Gasteiger partial charge in [-0.3, -0.25) is 0 Å². The molecule has 0 saturated carbocycles. The second-order valence-corrected chi connectivity index (χ2v) is 8.41. The first-order chi connectivity index (χ1) is 18.5. The summed E-state index contributed by atoms with van der Waals surface area (Å²) in [5.74, 6) is -3.12. The molecule has 0 heterocycles. The first-order valence-electron chi connectivity index (χ1n) is 12.4. The molecule has 0 aliphatic carbocycles. The van der Waals surface area contributed by atoms with Gasteiger partial charge in [0.25, 0.3) is 0 Å². The fourth-order valence-corrected chi connectivity index (χ4v) is 3.73. The normalized spacial score (nSPS) is 12.8. The standard InChI is InChI=1S/C30H32O8/c1-2-35-26(31)21-37-27(29(32)33)28(30(34)38-20-23-12-5-3-6-13-23)36-18-10-4-7-11-22-16-17-24-14-8-9-15-25(24)19-22/h3-6,8-10,12-17,19,27-28H,2,7,11,18,20-21H2,1H3,(H,32,33)/b10-4+/t27-,28-/m1/s1. The monoisotopic (exact) mass is 520 g/mol. The van der Waals surface area contributed by atoms with Crippen LogP contribution in [0.15, 0.2) is 84.9 Å². The van der Waals surface area contributed by atoms with Crippen LogP contribution in [0.4, 0.5) is 0 Å². The van der Waals surface area contributed by atoms with Gasteiger partial charge >= 0.3 is 17.9 Å². The smallest absolute Gasteiger partial charge is 0.339 e. The number of fused-ring (bicyclic) bond motifs is 1. The third kappa shape index (κ3) is 9.14. The molecule has 0 saturated heterocycles. The van der Waals surface area contributed by atoms with Crippen LogP contribution in [0.5, 0.6) is 0 Å². The average molecular weight is 521 g/mol. The Balaban J connectivity index is 1.58. The highest BCUT2D eigenvalue weighted by molar-refractivity contribution is 5.85. The van der Waals surface area contributed by atoms with Crippen LogP contribution in [0.3, 0.4) is 0 Å². The lowest BCUT2D eigenvalue weighted by Gasteiger charge is -2.22. The van der Waals surface area contributed by atoms with Gasteiger partial charge in [0.05, 0.1) is 13.2 Å². The maximum atomic E-state index is 12.8. The van der Waals surface area contributed by atoms with Crippen LogP contribution in [-0.2, 0) is 46.4 Å². The predicted octanol–water partition coefficient (Wildman–Crippen LogP) is 4.49. The number of carbonyl (C=O) groups excluding carboxylic acids is 2. The van der Waals surface area contributed by atoms with Crippen molar-refractivity contribution in [3.05, 3.63) is 96.1 Å². The Bertz CT molecular complexity index is 1220. The highest BCUT2D eigenvalue weighted by Crippen LogP contribution is 2.17. The Morgan fingerprint density at radius 3 is 2.29 bits per heavy atom. The second kappa shape index (κ2) is 15.3. The van der Waals surface area contributed by atoms with Crippen LogP contribution in [0.25, 0.3) is 10.8 Å². The lowest BCUT2D eigenvalue weighted by atomic mass is 10.0. The molecular formula is C30H32O8. The van der Waals surface area contributed by atoms with E-state index in [9.17, 15) is 19.5 Å². The van der Waals surface area contributed by atoms with Crippen molar-refractivity contribution in [3.63, 3.8) is 0 Å². The first-order valence-corrected chi connectivity index (χ1v) is 12.4. The van der Waals surface area contributed by atoms with E-state index in [0.29, 0.717) is 0 Å². The van der Waals surface area contributed by atoms with Crippen molar-refractivity contribution in [1.82, 2.24) is 0 Å². The van der Waals surface area contributed by atoms with Crippen LogP contribution in [-0.4, -0.2) is 55.0 Å². The third-order valence-corrected chi connectivity index (χ3v) is 5.61. The largest absolute Gasteiger partial charge is 0.479 e. The van der Waals surface area contributed by atoms with Crippen LogP contribution >= 0.6 is 0 Å². The van der Waals surface area contributed by atoms with Crippen LogP contribution in [0.1, 0.15) is 24.5 Å². The van der Waals surface area contributed by atoms with Gasteiger partial charge in [-0.25, -0.2) is 14.4 Å². The van der Waals surface area contributed by atoms with Gasteiger partial charge in [0.1, 0.15) is 13.2 Å². The Morgan fingerprint density at radius 2 is 1.55 bits per heavy atom. The minimum atomic E-state index is -1.76. The van der Waals surface area contributed by atoms with Crippen molar-refractivity contribution in [2.24, 2.45) is 0 Å². The molecule has 0 aliphatic rings. The van der Waals surface area contributed by atoms with Crippen molar-refractivity contribution in [3.8, 4) is 0 Å². The molecule has 0 radical (unpaired) electrons. The van der Waals surface area contributed by atoms with E-state index in [1.807, 2.05) is 24.3 Å². The van der Waals surface area contributed by atoms with E-state index < -0.39 is 36.7 Å². The predicted molar refractivity (Wildman–Crippen MR) is 141 cm³/mol. The molecule has 0 unspecified atom stereocenters. The van der Waals surface area contributed by atoms with Gasteiger partial charge < -0.3 is 24.1 Å². The zero-order chi connectivity index (χ0) is 27.2. The van der Waals surface area contributed by atoms with Gasteiger partial charge in [-0.05, 0) is 41.7 Å². The first kappa shape index (κ1) is 28.6. The van der Waals surface area contributed by atoms with Crippen LogP contribution in [0, 0.1) is 0 Å². The summed E-state index contributed by atoms with van der Waals surface area (Å²) in [6.07, 6.45) is 1.81. The average Bonchev–Trinajstić information content (AvgIpc) is 2.93. The zero-order valence-electron chi connectivity index (χ0n) is 21.3. The van der Waals surface area contributed by atoms with Gasteiger partial charge in [0.2, 0.25) is 0 Å². The lowest BCUT2D eigenvalue weighted by molar-refractivity contribution is -0.183. The zero-order valence-corrected chi connectivity index (χ0v) is 21.3. The van der Waals surface area contributed by atoms with Crippen molar-refractivity contribution >= 4 is 28.7 Å². The summed E-state index contributed by atoms with van der Waals surface area (Å²) < 4.78 is 20.9. The highest BCUT2D eigenvalue weighted by Gasteiger charge is 2.37. The Labute approximate surface area is 221 Å². The summed E-state index contributed by atoms with van der Waals surface area (Å²) in [6.45, 7) is 0.980. The Hall–Kier alpha value is -4.01. The minimum absolute atomic E-state index is 0.0463. The van der Waals surface area contributed by atoms with Crippen LogP contribution in [0.2, 0.25) is 0 Å². The molecule has 0 aromatic heterocycles. The molecule has 8 heteroatoms. The number of benzene rings is 3. The molecule has 3 aromatic rings. The number of carbonyl (C=O) groups is 3. The Kier molecular flexibility index (Phi) is 11.5. The van der Waals surface area contributed by atoms with Gasteiger partial charge in [0.15, 0.2) is 12.2 Å². The summed E-state index contributed by atoms with van der Waals surface area (Å²) in [6, 6.07) is 23.4. The molecule has 2 atom stereocenters. The van der Waals surface area contributed by atoms with Crippen LogP contribution < -0.4 is 0 Å². The molecule has 0 bridgehead atoms. The lowest BCUT2D eigenvalue weighted by Crippen LogP contribution is -2.45. The van der Waals surface area contributed by atoms with E-state index in [2.05, 4.69) is 30.3 Å². The molecule has 0 amide bonds. The number of carboxylic acids is 1. The number of hydrogen-bond donors (Lipinski definition) is 1. The number of aryl methyl sites for hydroxylation is 1. The van der Waals surface area contributed by atoms with Gasteiger partial charge in [0, 0.05) is 0 Å². The fourth-order valence-electron chi connectivity index (χ4n) is 3.73.